The molecule has 6 nitrogen and oxygen atoms in total. The molecule has 0 saturated carbocycles. The van der Waals surface area contributed by atoms with Gasteiger partial charge in [0.25, 0.3) is 0 Å². The van der Waals surface area contributed by atoms with E-state index in [2.05, 4.69) is 0 Å². The van der Waals surface area contributed by atoms with E-state index >= 15 is 0 Å². The van der Waals surface area contributed by atoms with Gasteiger partial charge in [0, 0.05) is 6.54 Å². The molecule has 0 atom stereocenters. The summed E-state index contributed by atoms with van der Waals surface area (Å²) >= 11 is 0. The lowest BCUT2D eigenvalue weighted by atomic mass is 10.1. The van der Waals surface area contributed by atoms with E-state index < -0.39 is 9.84 Å². The second kappa shape index (κ2) is 8.01. The molecule has 0 bridgehead atoms. The highest BCUT2D eigenvalue weighted by Gasteiger charge is 2.31. The van der Waals surface area contributed by atoms with Gasteiger partial charge >= 0.3 is 0 Å². The molecular formula is C26H24N4O2S. The molecule has 0 radical (unpaired) electrons. The number of fused-ring (bicyclic) bond motifs is 2. The van der Waals surface area contributed by atoms with E-state index in [1.54, 1.807) is 17.6 Å². The Morgan fingerprint density at radius 1 is 0.879 bits per heavy atom. The zero-order chi connectivity index (χ0) is 23.2. The predicted octanol–water partition coefficient (Wildman–Crippen LogP) is 4.86. The third kappa shape index (κ3) is 3.64. The van der Waals surface area contributed by atoms with Gasteiger partial charge in [-0.3, -0.25) is 0 Å². The number of para-hydroxylation sites is 2. The molecule has 5 rings (SSSR count). The van der Waals surface area contributed by atoms with Crippen LogP contribution in [0.1, 0.15) is 16.7 Å². The fourth-order valence-corrected chi connectivity index (χ4v) is 6.00. The van der Waals surface area contributed by atoms with Gasteiger partial charge in [0.15, 0.2) is 5.65 Å². The molecule has 0 aliphatic heterocycles. The van der Waals surface area contributed by atoms with Crippen LogP contribution in [0.25, 0.3) is 22.2 Å². The van der Waals surface area contributed by atoms with Crippen LogP contribution < -0.4 is 5.73 Å². The highest BCUT2D eigenvalue weighted by molar-refractivity contribution is 7.92. The van der Waals surface area contributed by atoms with E-state index in [4.69, 9.17) is 15.7 Å². The van der Waals surface area contributed by atoms with Crippen LogP contribution >= 0.6 is 0 Å². The van der Waals surface area contributed by atoms with Crippen molar-refractivity contribution in [1.82, 2.24) is 14.5 Å². The van der Waals surface area contributed by atoms with Crippen molar-refractivity contribution in [3.8, 4) is 0 Å². The SMILES string of the molecule is Cc1ccc(C)c(S(=O)(=O)c2c(N)n(CCc3ccccc3)c3nc4ccccc4nc23)c1. The van der Waals surface area contributed by atoms with Crippen LogP contribution in [0.5, 0.6) is 0 Å². The molecule has 3 aromatic carbocycles. The third-order valence-electron chi connectivity index (χ3n) is 5.92. The van der Waals surface area contributed by atoms with Crippen molar-refractivity contribution in [2.75, 3.05) is 5.73 Å². The lowest BCUT2D eigenvalue weighted by Crippen LogP contribution is -2.10. The number of nitrogen functional groups attached to an aromatic ring is 1. The number of hydrogen-bond acceptors (Lipinski definition) is 5. The minimum atomic E-state index is -3.93. The van der Waals surface area contributed by atoms with E-state index in [1.165, 1.54) is 0 Å². The van der Waals surface area contributed by atoms with Crippen LogP contribution in [-0.2, 0) is 22.8 Å². The Bertz CT molecular complexity index is 1610. The number of aromatic nitrogens is 3. The Morgan fingerprint density at radius 3 is 2.27 bits per heavy atom. The van der Waals surface area contributed by atoms with Gasteiger partial charge in [-0.15, -0.1) is 0 Å². The van der Waals surface area contributed by atoms with Gasteiger partial charge in [-0.25, -0.2) is 18.4 Å². The molecule has 0 fully saturated rings. The summed E-state index contributed by atoms with van der Waals surface area (Å²) in [7, 11) is -3.93. The molecule has 7 heteroatoms. The summed E-state index contributed by atoms with van der Waals surface area (Å²) in [6.07, 6.45) is 0.687. The molecule has 166 valence electrons. The van der Waals surface area contributed by atoms with Crippen molar-refractivity contribution in [3.05, 3.63) is 89.5 Å². The quantitative estimate of drug-likeness (QED) is 0.408. The number of benzene rings is 3. The first kappa shape index (κ1) is 21.2. The average molecular weight is 457 g/mol. The first-order valence-corrected chi connectivity index (χ1v) is 12.3. The Hall–Kier alpha value is -3.71. The molecule has 0 unspecified atom stereocenters. The summed E-state index contributed by atoms with van der Waals surface area (Å²) in [6, 6.07) is 22.8. The van der Waals surface area contributed by atoms with Gasteiger partial charge in [0.2, 0.25) is 9.84 Å². The topological polar surface area (TPSA) is 90.9 Å². The molecule has 0 saturated heterocycles. The lowest BCUT2D eigenvalue weighted by molar-refractivity contribution is 0.596. The summed E-state index contributed by atoms with van der Waals surface area (Å²) < 4.78 is 29.6. The van der Waals surface area contributed by atoms with Crippen molar-refractivity contribution in [2.24, 2.45) is 0 Å². The van der Waals surface area contributed by atoms with Crippen LogP contribution in [0, 0.1) is 13.8 Å². The molecule has 0 spiro atoms. The van der Waals surface area contributed by atoms with Crippen LogP contribution in [-0.4, -0.2) is 23.0 Å². The van der Waals surface area contributed by atoms with Crippen LogP contribution in [0.2, 0.25) is 0 Å². The zero-order valence-electron chi connectivity index (χ0n) is 18.5. The summed E-state index contributed by atoms with van der Waals surface area (Å²) in [6.45, 7) is 4.15. The molecule has 33 heavy (non-hydrogen) atoms. The van der Waals surface area contributed by atoms with Gasteiger partial charge < -0.3 is 10.3 Å². The molecule has 0 aliphatic carbocycles. The monoisotopic (exact) mass is 456 g/mol. The minimum Gasteiger partial charge on any atom is -0.384 e. The number of aryl methyl sites for hydroxylation is 4. The van der Waals surface area contributed by atoms with Crippen LogP contribution in [0.3, 0.4) is 0 Å². The number of anilines is 1. The second-order valence-electron chi connectivity index (χ2n) is 8.26. The normalized spacial score (nSPS) is 11.9. The van der Waals surface area contributed by atoms with E-state index in [0.29, 0.717) is 40.7 Å². The number of nitrogens with two attached hydrogens (primary N) is 1. The molecule has 2 aromatic heterocycles. The maximum atomic E-state index is 13.9. The van der Waals surface area contributed by atoms with Crippen LogP contribution in [0.15, 0.2) is 82.6 Å². The Labute approximate surface area is 192 Å². The van der Waals surface area contributed by atoms with Crippen molar-refractivity contribution in [3.63, 3.8) is 0 Å². The number of sulfone groups is 1. The minimum absolute atomic E-state index is 0.0255. The van der Waals surface area contributed by atoms with E-state index in [0.717, 1.165) is 11.1 Å². The summed E-state index contributed by atoms with van der Waals surface area (Å²) in [5.41, 5.74) is 11.3. The predicted molar refractivity (Wildman–Crippen MR) is 131 cm³/mol. The Kier molecular flexibility index (Phi) is 5.13. The molecule has 0 amide bonds. The van der Waals surface area contributed by atoms with Crippen molar-refractivity contribution >= 4 is 37.9 Å². The van der Waals surface area contributed by atoms with E-state index in [1.807, 2.05) is 73.7 Å². The van der Waals surface area contributed by atoms with Gasteiger partial charge in [0.05, 0.1) is 15.9 Å². The molecule has 0 aliphatic rings. The number of rotatable bonds is 5. The smallest absolute Gasteiger partial charge is 0.212 e. The molecule has 2 heterocycles. The van der Waals surface area contributed by atoms with Gasteiger partial charge in [-0.2, -0.15) is 0 Å². The molecule has 2 N–H and O–H groups in total. The highest BCUT2D eigenvalue weighted by Crippen LogP contribution is 2.36. The van der Waals surface area contributed by atoms with Crippen molar-refractivity contribution in [2.45, 2.75) is 36.6 Å². The van der Waals surface area contributed by atoms with E-state index in [-0.39, 0.29) is 15.6 Å². The molecular weight excluding hydrogens is 432 g/mol. The number of nitrogens with zero attached hydrogens (tertiary/aromatic N) is 3. The largest absolute Gasteiger partial charge is 0.384 e. The summed E-state index contributed by atoms with van der Waals surface area (Å²) in [4.78, 5) is 9.76. The van der Waals surface area contributed by atoms with Gasteiger partial charge in [-0.1, -0.05) is 54.6 Å². The van der Waals surface area contributed by atoms with E-state index in [9.17, 15) is 8.42 Å². The maximum absolute atomic E-state index is 13.9. The first-order chi connectivity index (χ1) is 15.9. The summed E-state index contributed by atoms with van der Waals surface area (Å²) in [5.74, 6) is 0.164. The highest BCUT2D eigenvalue weighted by atomic mass is 32.2. The summed E-state index contributed by atoms with van der Waals surface area (Å²) in [5, 5.41) is 0. The van der Waals surface area contributed by atoms with Crippen molar-refractivity contribution in [1.29, 1.82) is 0 Å². The van der Waals surface area contributed by atoms with Crippen LogP contribution in [0.4, 0.5) is 5.82 Å². The standard InChI is InChI=1S/C26H24N4O2S/c1-17-12-13-18(2)22(16-17)33(31,32)24-23-26(29-21-11-7-6-10-20(21)28-23)30(25(24)27)15-14-19-8-4-3-5-9-19/h3-13,16H,14-15,27H2,1-2H3. The second-order valence-corrected chi connectivity index (χ2v) is 10.1. The third-order valence-corrected chi connectivity index (χ3v) is 7.87. The van der Waals surface area contributed by atoms with Crippen molar-refractivity contribution < 1.29 is 8.42 Å². The lowest BCUT2D eigenvalue weighted by Gasteiger charge is -2.10. The fraction of sp³-hybridized carbons (Fsp3) is 0.154. The Morgan fingerprint density at radius 2 is 1.55 bits per heavy atom. The first-order valence-electron chi connectivity index (χ1n) is 10.8. The average Bonchev–Trinajstić information content (AvgIpc) is 3.09. The fourth-order valence-electron chi connectivity index (χ4n) is 4.17. The van der Waals surface area contributed by atoms with Gasteiger partial charge in [0.1, 0.15) is 16.2 Å². The maximum Gasteiger partial charge on any atom is 0.212 e. The molecule has 5 aromatic rings. The Balaban J connectivity index is 1.77. The number of hydrogen-bond donors (Lipinski definition) is 1. The zero-order valence-corrected chi connectivity index (χ0v) is 19.3. The van der Waals surface area contributed by atoms with Gasteiger partial charge in [-0.05, 0) is 55.2 Å².